The van der Waals surface area contributed by atoms with Crippen LogP contribution >= 0.6 is 11.6 Å². The zero-order valence-electron chi connectivity index (χ0n) is 9.46. The molecule has 0 spiro atoms. The number of carboxylic acids is 1. The minimum atomic E-state index is -1.83. The highest BCUT2D eigenvalue weighted by Gasteiger charge is 2.24. The number of rotatable bonds is 5. The van der Waals surface area contributed by atoms with Crippen molar-refractivity contribution in [2.75, 3.05) is 0 Å². The molecule has 0 bridgehead atoms. The molecule has 0 amide bonds. The van der Waals surface area contributed by atoms with E-state index in [9.17, 15) is 19.5 Å². The van der Waals surface area contributed by atoms with Gasteiger partial charge in [-0.1, -0.05) is 18.2 Å². The molecule has 0 aromatic heterocycles. The molecule has 0 radical (unpaired) electrons. The van der Waals surface area contributed by atoms with E-state index < -0.39 is 17.5 Å². The number of carbonyl (C=O) groups excluding carboxylic acids is 2. The number of carboxylic acid groups (broad SMARTS) is 1. The van der Waals surface area contributed by atoms with E-state index in [4.69, 9.17) is 16.7 Å². The summed E-state index contributed by atoms with van der Waals surface area (Å²) in [7, 11) is 0. The van der Waals surface area contributed by atoms with Crippen molar-refractivity contribution in [3.63, 3.8) is 0 Å². The largest absolute Gasteiger partial charge is 0.479 e. The van der Waals surface area contributed by atoms with E-state index in [0.717, 1.165) is 0 Å². The molecule has 5 nitrogen and oxygen atoms in total. The second-order valence-electron chi connectivity index (χ2n) is 3.68. The van der Waals surface area contributed by atoms with Gasteiger partial charge in [0, 0.05) is 11.1 Å². The Hall–Kier alpha value is -1.72. The standard InChI is InChI=1S/C12H11ClO5/c1-6(15)10(13)7-3-2-4-8(9(7)5-14)11(16)12(17)18/h2-5,10-11,16H,1H3,(H,17,18). The van der Waals surface area contributed by atoms with Gasteiger partial charge in [-0.15, -0.1) is 11.6 Å². The first-order chi connectivity index (χ1) is 8.40. The molecule has 1 rings (SSSR count). The minimum absolute atomic E-state index is 0.0670. The van der Waals surface area contributed by atoms with Crippen LogP contribution in [0.5, 0.6) is 0 Å². The Kier molecular flexibility index (Phi) is 4.58. The van der Waals surface area contributed by atoms with Gasteiger partial charge in [-0.05, 0) is 12.5 Å². The molecule has 1 aromatic rings. The molecule has 0 heterocycles. The number of aldehydes is 1. The van der Waals surface area contributed by atoms with Crippen molar-refractivity contribution in [3.05, 3.63) is 34.9 Å². The summed E-state index contributed by atoms with van der Waals surface area (Å²) in [6.07, 6.45) is -1.45. The number of aliphatic hydroxyl groups excluding tert-OH is 1. The fourth-order valence-electron chi connectivity index (χ4n) is 1.55. The molecular weight excluding hydrogens is 260 g/mol. The van der Waals surface area contributed by atoms with E-state index >= 15 is 0 Å². The quantitative estimate of drug-likeness (QED) is 0.625. The number of benzene rings is 1. The van der Waals surface area contributed by atoms with Gasteiger partial charge in [0.25, 0.3) is 0 Å². The predicted molar refractivity (Wildman–Crippen MR) is 63.7 cm³/mol. The fourth-order valence-corrected chi connectivity index (χ4v) is 1.74. The van der Waals surface area contributed by atoms with Crippen LogP contribution in [-0.2, 0) is 9.59 Å². The van der Waals surface area contributed by atoms with Crippen molar-refractivity contribution in [2.45, 2.75) is 18.4 Å². The predicted octanol–water partition coefficient (Wildman–Crippen LogP) is 1.49. The van der Waals surface area contributed by atoms with Gasteiger partial charge in [0.15, 0.2) is 18.2 Å². The molecule has 6 heteroatoms. The molecule has 0 aliphatic carbocycles. The van der Waals surface area contributed by atoms with Crippen LogP contribution in [0.1, 0.15) is 39.9 Å². The highest BCUT2D eigenvalue weighted by Crippen LogP contribution is 2.29. The second kappa shape index (κ2) is 5.75. The van der Waals surface area contributed by atoms with Crippen molar-refractivity contribution in [2.24, 2.45) is 0 Å². The summed E-state index contributed by atoms with van der Waals surface area (Å²) < 4.78 is 0. The number of hydrogen-bond donors (Lipinski definition) is 2. The van der Waals surface area contributed by atoms with Crippen LogP contribution in [0.2, 0.25) is 0 Å². The lowest BCUT2D eigenvalue weighted by molar-refractivity contribution is -0.146. The van der Waals surface area contributed by atoms with Crippen LogP contribution in [0.3, 0.4) is 0 Å². The molecule has 1 aromatic carbocycles. The number of halogens is 1. The maximum absolute atomic E-state index is 11.2. The SMILES string of the molecule is CC(=O)C(Cl)c1cccc(C(O)C(=O)O)c1C=O. The number of aliphatic carboxylic acids is 1. The summed E-state index contributed by atoms with van der Waals surface area (Å²) in [6, 6.07) is 4.18. The lowest BCUT2D eigenvalue weighted by Crippen LogP contribution is -2.15. The normalized spacial score (nSPS) is 13.7. The summed E-state index contributed by atoms with van der Waals surface area (Å²) in [4.78, 5) is 32.9. The summed E-state index contributed by atoms with van der Waals surface area (Å²) in [6.45, 7) is 1.26. The molecule has 0 aliphatic heterocycles. The van der Waals surface area contributed by atoms with E-state index in [1.165, 1.54) is 25.1 Å². The zero-order chi connectivity index (χ0) is 13.9. The van der Waals surface area contributed by atoms with Gasteiger partial charge in [0.2, 0.25) is 0 Å². The summed E-state index contributed by atoms with van der Waals surface area (Å²) >= 11 is 5.84. The van der Waals surface area contributed by atoms with Gasteiger partial charge >= 0.3 is 5.97 Å². The Morgan fingerprint density at radius 1 is 1.33 bits per heavy atom. The molecule has 96 valence electrons. The van der Waals surface area contributed by atoms with Gasteiger partial charge in [0.05, 0.1) is 0 Å². The van der Waals surface area contributed by atoms with Gasteiger partial charge < -0.3 is 10.2 Å². The molecule has 0 saturated carbocycles. The Morgan fingerprint density at radius 2 is 1.89 bits per heavy atom. The first-order valence-corrected chi connectivity index (χ1v) is 5.47. The average molecular weight is 271 g/mol. The van der Waals surface area contributed by atoms with Crippen molar-refractivity contribution < 1.29 is 24.6 Å². The highest BCUT2D eigenvalue weighted by atomic mass is 35.5. The van der Waals surface area contributed by atoms with Crippen LogP contribution in [0.25, 0.3) is 0 Å². The van der Waals surface area contributed by atoms with Crippen LogP contribution in [0.15, 0.2) is 18.2 Å². The van der Waals surface area contributed by atoms with Gasteiger partial charge in [0.1, 0.15) is 5.38 Å². The third-order valence-electron chi connectivity index (χ3n) is 2.45. The summed E-state index contributed by atoms with van der Waals surface area (Å²) in [5.74, 6) is -1.86. The molecule has 0 aliphatic rings. The third kappa shape index (κ3) is 2.75. The summed E-state index contributed by atoms with van der Waals surface area (Å²) in [5, 5.41) is 17.1. The van der Waals surface area contributed by atoms with Gasteiger partial charge in [-0.2, -0.15) is 0 Å². The second-order valence-corrected chi connectivity index (χ2v) is 4.12. The number of aliphatic hydroxyl groups is 1. The molecule has 2 atom stereocenters. The molecule has 2 unspecified atom stereocenters. The van der Waals surface area contributed by atoms with Crippen LogP contribution in [0.4, 0.5) is 0 Å². The van der Waals surface area contributed by atoms with E-state index in [-0.39, 0.29) is 22.5 Å². The van der Waals surface area contributed by atoms with Crippen LogP contribution < -0.4 is 0 Å². The smallest absolute Gasteiger partial charge is 0.337 e. The lowest BCUT2D eigenvalue weighted by Gasteiger charge is -2.14. The van der Waals surface area contributed by atoms with E-state index in [0.29, 0.717) is 6.29 Å². The highest BCUT2D eigenvalue weighted by molar-refractivity contribution is 6.31. The third-order valence-corrected chi connectivity index (χ3v) is 2.99. The zero-order valence-corrected chi connectivity index (χ0v) is 10.2. The van der Waals surface area contributed by atoms with E-state index in [1.54, 1.807) is 0 Å². The molecule has 18 heavy (non-hydrogen) atoms. The maximum atomic E-state index is 11.2. The maximum Gasteiger partial charge on any atom is 0.337 e. The van der Waals surface area contributed by atoms with E-state index in [1.807, 2.05) is 0 Å². The van der Waals surface area contributed by atoms with Crippen molar-refractivity contribution in [3.8, 4) is 0 Å². The Labute approximate surface area is 108 Å². The molecular formula is C12H11ClO5. The van der Waals surface area contributed by atoms with Crippen molar-refractivity contribution in [1.29, 1.82) is 0 Å². The van der Waals surface area contributed by atoms with Crippen molar-refractivity contribution >= 4 is 29.6 Å². The lowest BCUT2D eigenvalue weighted by atomic mass is 9.95. The molecule has 0 saturated heterocycles. The Balaban J connectivity index is 3.39. The summed E-state index contributed by atoms with van der Waals surface area (Å²) in [5.41, 5.74) is 0.0430. The Bertz CT molecular complexity index is 459. The first kappa shape index (κ1) is 14.3. The van der Waals surface area contributed by atoms with Gasteiger partial charge in [-0.3, -0.25) is 9.59 Å². The monoisotopic (exact) mass is 270 g/mol. The topological polar surface area (TPSA) is 91.7 Å². The van der Waals surface area contributed by atoms with E-state index in [2.05, 4.69) is 0 Å². The fraction of sp³-hybridized carbons (Fsp3) is 0.250. The number of carbonyl (C=O) groups is 3. The molecule has 2 N–H and O–H groups in total. The first-order valence-electron chi connectivity index (χ1n) is 5.03. The number of Topliss-reactive ketones (excluding diaryl/α,β-unsaturated/α-hetero) is 1. The van der Waals surface area contributed by atoms with Crippen LogP contribution in [0, 0.1) is 0 Å². The Morgan fingerprint density at radius 3 is 2.33 bits per heavy atom. The number of ketones is 1. The molecule has 0 fully saturated rings. The van der Waals surface area contributed by atoms with Gasteiger partial charge in [-0.25, -0.2) is 4.79 Å². The average Bonchev–Trinajstić information content (AvgIpc) is 2.35. The number of hydrogen-bond acceptors (Lipinski definition) is 4. The number of alkyl halides is 1. The van der Waals surface area contributed by atoms with Crippen LogP contribution in [-0.4, -0.2) is 28.3 Å². The minimum Gasteiger partial charge on any atom is -0.479 e. The van der Waals surface area contributed by atoms with Crippen molar-refractivity contribution in [1.82, 2.24) is 0 Å².